The Hall–Kier alpha value is -1.51. The van der Waals surface area contributed by atoms with Gasteiger partial charge in [0.05, 0.1) is 0 Å². The molecule has 1 aromatic carbocycles. The molecule has 1 heterocycles. The first-order valence-electron chi connectivity index (χ1n) is 6.71. The second kappa shape index (κ2) is 5.42. The highest BCUT2D eigenvalue weighted by Gasteiger charge is 2.24. The number of likely N-dealkylation sites (tertiary alicyclic amines) is 1. The van der Waals surface area contributed by atoms with Gasteiger partial charge in [-0.1, -0.05) is 19.4 Å². The van der Waals surface area contributed by atoms with Gasteiger partial charge in [0.15, 0.2) is 0 Å². The van der Waals surface area contributed by atoms with Gasteiger partial charge in [0.25, 0.3) is 5.91 Å². The van der Waals surface area contributed by atoms with Crippen molar-refractivity contribution in [3.8, 4) is 5.75 Å². The van der Waals surface area contributed by atoms with Crippen molar-refractivity contribution >= 4 is 5.91 Å². The van der Waals surface area contributed by atoms with Gasteiger partial charge >= 0.3 is 0 Å². The lowest BCUT2D eigenvalue weighted by Crippen LogP contribution is -2.40. The molecule has 3 nitrogen and oxygen atoms in total. The van der Waals surface area contributed by atoms with Crippen LogP contribution in [0.5, 0.6) is 5.75 Å². The Morgan fingerprint density at radius 1 is 1.50 bits per heavy atom. The normalized spacial score (nSPS) is 19.9. The van der Waals surface area contributed by atoms with Crippen molar-refractivity contribution < 1.29 is 9.90 Å². The van der Waals surface area contributed by atoms with E-state index in [1.54, 1.807) is 25.1 Å². The van der Waals surface area contributed by atoms with Crippen molar-refractivity contribution in [3.05, 3.63) is 29.3 Å². The van der Waals surface area contributed by atoms with E-state index in [0.29, 0.717) is 17.0 Å². The van der Waals surface area contributed by atoms with E-state index in [0.717, 1.165) is 25.9 Å². The highest BCUT2D eigenvalue weighted by molar-refractivity contribution is 5.96. The third kappa shape index (κ3) is 2.50. The molecule has 98 valence electrons. The van der Waals surface area contributed by atoms with Crippen molar-refractivity contribution in [1.82, 2.24) is 4.90 Å². The molecule has 18 heavy (non-hydrogen) atoms. The summed E-state index contributed by atoms with van der Waals surface area (Å²) in [6, 6.07) is 5.15. The van der Waals surface area contributed by atoms with Crippen LogP contribution in [0.4, 0.5) is 0 Å². The minimum absolute atomic E-state index is 0.0570. The topological polar surface area (TPSA) is 40.5 Å². The molecule has 1 N–H and O–H groups in total. The quantitative estimate of drug-likeness (QED) is 0.872. The summed E-state index contributed by atoms with van der Waals surface area (Å²) in [6.45, 7) is 5.66. The fraction of sp³-hybridized carbons (Fsp3) is 0.533. The number of amides is 1. The lowest BCUT2D eigenvalue weighted by atomic mass is 9.94. The fourth-order valence-electron chi connectivity index (χ4n) is 2.61. The average molecular weight is 247 g/mol. The summed E-state index contributed by atoms with van der Waals surface area (Å²) in [5.41, 5.74) is 1.31. The predicted molar refractivity (Wildman–Crippen MR) is 71.8 cm³/mol. The molecule has 0 saturated carbocycles. The number of aromatic hydroxyl groups is 1. The van der Waals surface area contributed by atoms with Crippen LogP contribution < -0.4 is 0 Å². The zero-order valence-corrected chi connectivity index (χ0v) is 11.1. The van der Waals surface area contributed by atoms with E-state index in [-0.39, 0.29) is 11.7 Å². The average Bonchev–Trinajstić information content (AvgIpc) is 2.41. The summed E-state index contributed by atoms with van der Waals surface area (Å²) in [5, 5.41) is 9.67. The van der Waals surface area contributed by atoms with E-state index < -0.39 is 0 Å². The fourth-order valence-corrected chi connectivity index (χ4v) is 2.61. The van der Waals surface area contributed by atoms with Crippen LogP contribution in [0.15, 0.2) is 18.2 Å². The maximum absolute atomic E-state index is 12.4. The number of nitrogens with zero attached hydrogens (tertiary/aromatic N) is 1. The number of carbonyl (C=O) groups excluding carboxylic acids is 1. The zero-order valence-electron chi connectivity index (χ0n) is 11.1. The number of carbonyl (C=O) groups is 1. The molecule has 0 bridgehead atoms. The molecule has 1 aliphatic heterocycles. The maximum atomic E-state index is 12.4. The molecule has 0 aliphatic carbocycles. The summed E-state index contributed by atoms with van der Waals surface area (Å²) in [4.78, 5) is 14.4. The number of phenols is 1. The summed E-state index contributed by atoms with van der Waals surface area (Å²) < 4.78 is 0. The molecule has 2 rings (SSSR count). The van der Waals surface area contributed by atoms with Gasteiger partial charge in [0.2, 0.25) is 0 Å². The van der Waals surface area contributed by atoms with Crippen molar-refractivity contribution in [1.29, 1.82) is 0 Å². The number of phenolic OH excluding ortho intramolecular Hbond substituents is 1. The number of rotatable bonds is 2. The van der Waals surface area contributed by atoms with E-state index >= 15 is 0 Å². The van der Waals surface area contributed by atoms with Crippen molar-refractivity contribution in [2.45, 2.75) is 33.1 Å². The standard InChI is InChI=1S/C15H21NO2/c1-3-12-6-5-9-16(10-12)15(18)13-7-4-8-14(17)11(13)2/h4,7-8,12,17H,3,5-6,9-10H2,1-2H3. The Labute approximate surface area is 108 Å². The van der Waals surface area contributed by atoms with Crippen LogP contribution in [0.1, 0.15) is 42.1 Å². The van der Waals surface area contributed by atoms with Gasteiger partial charge in [0.1, 0.15) is 5.75 Å². The molecular weight excluding hydrogens is 226 g/mol. The molecule has 1 aromatic rings. The van der Waals surface area contributed by atoms with Crippen molar-refractivity contribution in [3.63, 3.8) is 0 Å². The molecule has 1 aliphatic rings. The van der Waals surface area contributed by atoms with E-state index in [2.05, 4.69) is 6.92 Å². The molecular formula is C15H21NO2. The van der Waals surface area contributed by atoms with E-state index in [1.807, 2.05) is 4.90 Å². The molecule has 0 aromatic heterocycles. The molecule has 1 fully saturated rings. The van der Waals surface area contributed by atoms with Gasteiger partial charge < -0.3 is 10.0 Å². The predicted octanol–water partition coefficient (Wildman–Crippen LogP) is 2.96. The molecule has 1 amide bonds. The zero-order chi connectivity index (χ0) is 13.1. The third-order valence-electron chi connectivity index (χ3n) is 3.92. The first-order chi connectivity index (χ1) is 8.63. The minimum Gasteiger partial charge on any atom is -0.508 e. The second-order valence-corrected chi connectivity index (χ2v) is 5.12. The largest absolute Gasteiger partial charge is 0.508 e. The van der Waals surface area contributed by atoms with Gasteiger partial charge in [-0.05, 0) is 37.8 Å². The van der Waals surface area contributed by atoms with Crippen LogP contribution >= 0.6 is 0 Å². The Morgan fingerprint density at radius 3 is 3.00 bits per heavy atom. The van der Waals surface area contributed by atoms with E-state index in [4.69, 9.17) is 0 Å². The Bertz CT molecular complexity index is 442. The molecule has 0 spiro atoms. The van der Waals surface area contributed by atoms with Gasteiger partial charge in [0, 0.05) is 24.2 Å². The third-order valence-corrected chi connectivity index (χ3v) is 3.92. The Balaban J connectivity index is 2.18. The smallest absolute Gasteiger partial charge is 0.254 e. The number of hydrogen-bond donors (Lipinski definition) is 1. The monoisotopic (exact) mass is 247 g/mol. The number of benzene rings is 1. The van der Waals surface area contributed by atoms with Gasteiger partial charge in [-0.2, -0.15) is 0 Å². The molecule has 1 unspecified atom stereocenters. The highest BCUT2D eigenvalue weighted by atomic mass is 16.3. The Morgan fingerprint density at radius 2 is 2.28 bits per heavy atom. The van der Waals surface area contributed by atoms with Crippen molar-refractivity contribution in [2.75, 3.05) is 13.1 Å². The van der Waals surface area contributed by atoms with Crippen LogP contribution in [0.25, 0.3) is 0 Å². The number of piperidine rings is 1. The SMILES string of the molecule is CCC1CCCN(C(=O)c2cccc(O)c2C)C1. The molecule has 3 heteroatoms. The van der Waals surface area contributed by atoms with Gasteiger partial charge in [-0.15, -0.1) is 0 Å². The summed E-state index contributed by atoms with van der Waals surface area (Å²) in [6.07, 6.45) is 3.43. The highest BCUT2D eigenvalue weighted by Crippen LogP contribution is 2.24. The van der Waals surface area contributed by atoms with Crippen LogP contribution in [0.3, 0.4) is 0 Å². The second-order valence-electron chi connectivity index (χ2n) is 5.12. The van der Waals surface area contributed by atoms with E-state index in [1.165, 1.54) is 6.42 Å². The van der Waals surface area contributed by atoms with Gasteiger partial charge in [-0.25, -0.2) is 0 Å². The lowest BCUT2D eigenvalue weighted by Gasteiger charge is -2.32. The van der Waals surface area contributed by atoms with Gasteiger partial charge in [-0.3, -0.25) is 4.79 Å². The molecule has 0 radical (unpaired) electrons. The lowest BCUT2D eigenvalue weighted by molar-refractivity contribution is 0.0670. The maximum Gasteiger partial charge on any atom is 0.254 e. The van der Waals surface area contributed by atoms with Crippen LogP contribution in [-0.2, 0) is 0 Å². The van der Waals surface area contributed by atoms with Crippen LogP contribution in [0, 0.1) is 12.8 Å². The summed E-state index contributed by atoms with van der Waals surface area (Å²) in [7, 11) is 0. The molecule has 1 atom stereocenters. The summed E-state index contributed by atoms with van der Waals surface area (Å²) >= 11 is 0. The van der Waals surface area contributed by atoms with Crippen LogP contribution in [-0.4, -0.2) is 29.0 Å². The Kier molecular flexibility index (Phi) is 3.90. The number of hydrogen-bond acceptors (Lipinski definition) is 2. The summed E-state index contributed by atoms with van der Waals surface area (Å²) in [5.74, 6) is 0.881. The van der Waals surface area contributed by atoms with E-state index in [9.17, 15) is 9.90 Å². The molecule has 1 saturated heterocycles. The van der Waals surface area contributed by atoms with Crippen LogP contribution in [0.2, 0.25) is 0 Å². The first-order valence-corrected chi connectivity index (χ1v) is 6.71. The van der Waals surface area contributed by atoms with Crippen molar-refractivity contribution in [2.24, 2.45) is 5.92 Å². The first kappa shape index (κ1) is 12.9. The minimum atomic E-state index is 0.0570.